The third-order valence-electron chi connectivity index (χ3n) is 3.26. The molecule has 0 aliphatic rings. The van der Waals surface area contributed by atoms with Crippen molar-refractivity contribution in [1.82, 2.24) is 4.98 Å². The van der Waals surface area contributed by atoms with E-state index in [1.807, 2.05) is 36.4 Å². The van der Waals surface area contributed by atoms with Gasteiger partial charge in [-0.3, -0.25) is 10.1 Å². The molecule has 3 aromatic rings. The summed E-state index contributed by atoms with van der Waals surface area (Å²) in [7, 11) is 0. The van der Waals surface area contributed by atoms with Crippen LogP contribution in [0.3, 0.4) is 0 Å². The van der Waals surface area contributed by atoms with Gasteiger partial charge in [0.2, 0.25) is 0 Å². The van der Waals surface area contributed by atoms with Gasteiger partial charge in [0.05, 0.1) is 4.92 Å². The smallest absolute Gasteiger partial charge is 0.270 e. The van der Waals surface area contributed by atoms with Crippen LogP contribution < -0.4 is 5.32 Å². The summed E-state index contributed by atoms with van der Waals surface area (Å²) in [5, 5.41) is 15.8. The second-order valence-corrected chi connectivity index (χ2v) is 4.66. The van der Waals surface area contributed by atoms with Crippen molar-refractivity contribution in [1.29, 1.82) is 0 Å². The molecule has 3 rings (SSSR count). The van der Waals surface area contributed by atoms with Gasteiger partial charge in [0, 0.05) is 30.3 Å². The molecular formula is C16H13N3O2. The number of non-ortho nitro benzene ring substituents is 1. The third kappa shape index (κ3) is 2.81. The monoisotopic (exact) mass is 279 g/mol. The molecule has 0 atom stereocenters. The largest absolute Gasteiger partial charge is 0.365 e. The van der Waals surface area contributed by atoms with Gasteiger partial charge in [-0.2, -0.15) is 0 Å². The van der Waals surface area contributed by atoms with E-state index in [9.17, 15) is 10.1 Å². The average molecular weight is 279 g/mol. The van der Waals surface area contributed by atoms with Crippen LogP contribution >= 0.6 is 0 Å². The second kappa shape index (κ2) is 5.58. The Balaban J connectivity index is 1.94. The van der Waals surface area contributed by atoms with E-state index in [0.717, 1.165) is 16.3 Å². The third-order valence-corrected chi connectivity index (χ3v) is 3.26. The number of benzene rings is 2. The standard InChI is InChI=1S/C16H13N3O2/c20-19(21)14-7-6-13-8-9-17-16(15(13)10-14)18-11-12-4-2-1-3-5-12/h1-10H,11H2,(H,17,18). The van der Waals surface area contributed by atoms with Crippen LogP contribution in [0.2, 0.25) is 0 Å². The predicted octanol–water partition coefficient (Wildman–Crippen LogP) is 3.76. The first-order chi connectivity index (χ1) is 10.2. The van der Waals surface area contributed by atoms with E-state index in [-0.39, 0.29) is 5.69 Å². The molecule has 0 amide bonds. The Labute approximate surface area is 121 Å². The molecule has 0 spiro atoms. The normalized spacial score (nSPS) is 10.5. The van der Waals surface area contributed by atoms with Gasteiger partial charge < -0.3 is 5.32 Å². The van der Waals surface area contributed by atoms with Crippen LogP contribution in [0, 0.1) is 10.1 Å². The highest BCUT2D eigenvalue weighted by molar-refractivity contribution is 5.93. The van der Waals surface area contributed by atoms with Gasteiger partial charge in [-0.1, -0.05) is 30.3 Å². The maximum atomic E-state index is 10.9. The van der Waals surface area contributed by atoms with Crippen LogP contribution in [0.4, 0.5) is 11.5 Å². The van der Waals surface area contributed by atoms with Gasteiger partial charge in [0.1, 0.15) is 5.82 Å². The Hall–Kier alpha value is -2.95. The minimum atomic E-state index is -0.395. The van der Waals surface area contributed by atoms with Crippen molar-refractivity contribution in [2.24, 2.45) is 0 Å². The molecule has 1 N–H and O–H groups in total. The number of nitro benzene ring substituents is 1. The van der Waals surface area contributed by atoms with E-state index in [4.69, 9.17) is 0 Å². The zero-order chi connectivity index (χ0) is 14.7. The van der Waals surface area contributed by atoms with E-state index in [2.05, 4.69) is 10.3 Å². The molecule has 104 valence electrons. The van der Waals surface area contributed by atoms with Crippen LogP contribution in [0.15, 0.2) is 60.8 Å². The maximum absolute atomic E-state index is 10.9. The molecule has 0 bridgehead atoms. The number of aromatic nitrogens is 1. The molecule has 0 aliphatic carbocycles. The Morgan fingerprint density at radius 2 is 1.90 bits per heavy atom. The summed E-state index contributed by atoms with van der Waals surface area (Å²) in [6, 6.07) is 16.6. The van der Waals surface area contributed by atoms with Gasteiger partial charge in [0.25, 0.3) is 5.69 Å². The summed E-state index contributed by atoms with van der Waals surface area (Å²) in [6.07, 6.45) is 1.70. The molecule has 0 aliphatic heterocycles. The number of rotatable bonds is 4. The molecule has 21 heavy (non-hydrogen) atoms. The molecule has 5 heteroatoms. The Kier molecular flexibility index (Phi) is 3.47. The van der Waals surface area contributed by atoms with Crippen molar-refractivity contribution >= 4 is 22.3 Å². The molecule has 1 heterocycles. The van der Waals surface area contributed by atoms with E-state index in [1.54, 1.807) is 18.3 Å². The Morgan fingerprint density at radius 1 is 1.10 bits per heavy atom. The summed E-state index contributed by atoms with van der Waals surface area (Å²) in [5.41, 5.74) is 1.19. The van der Waals surface area contributed by atoms with Crippen LogP contribution in [0.1, 0.15) is 5.56 Å². The van der Waals surface area contributed by atoms with Crippen molar-refractivity contribution in [2.45, 2.75) is 6.54 Å². The second-order valence-electron chi connectivity index (χ2n) is 4.66. The zero-order valence-electron chi connectivity index (χ0n) is 11.2. The molecular weight excluding hydrogens is 266 g/mol. The molecule has 5 nitrogen and oxygen atoms in total. The molecule has 0 saturated heterocycles. The number of nitro groups is 1. The Morgan fingerprint density at radius 3 is 2.67 bits per heavy atom. The molecule has 1 aromatic heterocycles. The van der Waals surface area contributed by atoms with E-state index < -0.39 is 4.92 Å². The van der Waals surface area contributed by atoms with Gasteiger partial charge >= 0.3 is 0 Å². The topological polar surface area (TPSA) is 68.1 Å². The minimum absolute atomic E-state index is 0.0678. The first kappa shape index (κ1) is 13.1. The highest BCUT2D eigenvalue weighted by Crippen LogP contribution is 2.25. The van der Waals surface area contributed by atoms with Crippen LogP contribution in [0.25, 0.3) is 10.8 Å². The van der Waals surface area contributed by atoms with Gasteiger partial charge in [-0.15, -0.1) is 0 Å². The molecule has 0 radical (unpaired) electrons. The van der Waals surface area contributed by atoms with E-state index in [0.29, 0.717) is 12.4 Å². The fourth-order valence-corrected chi connectivity index (χ4v) is 2.19. The number of nitrogens with one attached hydrogen (secondary N) is 1. The fourth-order valence-electron chi connectivity index (χ4n) is 2.19. The summed E-state index contributed by atoms with van der Waals surface area (Å²) in [6.45, 7) is 0.621. The number of pyridine rings is 1. The molecule has 0 saturated carbocycles. The van der Waals surface area contributed by atoms with Gasteiger partial charge in [-0.05, 0) is 23.1 Å². The fraction of sp³-hybridized carbons (Fsp3) is 0.0625. The SMILES string of the molecule is O=[N+]([O-])c1ccc2ccnc(NCc3ccccc3)c2c1. The molecule has 0 unspecified atom stereocenters. The minimum Gasteiger partial charge on any atom is -0.365 e. The maximum Gasteiger partial charge on any atom is 0.270 e. The molecule has 2 aromatic carbocycles. The number of fused-ring (bicyclic) bond motifs is 1. The first-order valence-electron chi connectivity index (χ1n) is 6.55. The van der Waals surface area contributed by atoms with Gasteiger partial charge in [0.15, 0.2) is 0 Å². The quantitative estimate of drug-likeness (QED) is 0.583. The average Bonchev–Trinajstić information content (AvgIpc) is 2.53. The highest BCUT2D eigenvalue weighted by atomic mass is 16.6. The van der Waals surface area contributed by atoms with Crippen LogP contribution in [-0.2, 0) is 6.54 Å². The summed E-state index contributed by atoms with van der Waals surface area (Å²) >= 11 is 0. The zero-order valence-corrected chi connectivity index (χ0v) is 11.2. The number of hydrogen-bond acceptors (Lipinski definition) is 4. The lowest BCUT2D eigenvalue weighted by molar-refractivity contribution is -0.384. The van der Waals surface area contributed by atoms with Crippen molar-refractivity contribution in [3.63, 3.8) is 0 Å². The van der Waals surface area contributed by atoms with Crippen molar-refractivity contribution in [3.8, 4) is 0 Å². The number of hydrogen-bond donors (Lipinski definition) is 1. The lowest BCUT2D eigenvalue weighted by Gasteiger charge is -2.08. The lowest BCUT2D eigenvalue weighted by atomic mass is 10.1. The summed E-state index contributed by atoms with van der Waals surface area (Å²) < 4.78 is 0. The van der Waals surface area contributed by atoms with Crippen molar-refractivity contribution in [2.75, 3.05) is 5.32 Å². The van der Waals surface area contributed by atoms with Crippen molar-refractivity contribution < 1.29 is 4.92 Å². The van der Waals surface area contributed by atoms with E-state index in [1.165, 1.54) is 6.07 Å². The highest BCUT2D eigenvalue weighted by Gasteiger charge is 2.09. The number of anilines is 1. The summed E-state index contributed by atoms with van der Waals surface area (Å²) in [4.78, 5) is 14.8. The van der Waals surface area contributed by atoms with E-state index >= 15 is 0 Å². The first-order valence-corrected chi connectivity index (χ1v) is 6.55. The Bertz CT molecular complexity index is 788. The summed E-state index contributed by atoms with van der Waals surface area (Å²) in [5.74, 6) is 0.653. The number of nitrogens with zero attached hydrogens (tertiary/aromatic N) is 2. The van der Waals surface area contributed by atoms with Crippen LogP contribution in [0.5, 0.6) is 0 Å². The van der Waals surface area contributed by atoms with Crippen LogP contribution in [-0.4, -0.2) is 9.91 Å². The van der Waals surface area contributed by atoms with Gasteiger partial charge in [-0.25, -0.2) is 4.98 Å². The molecule has 0 fully saturated rings. The lowest BCUT2D eigenvalue weighted by Crippen LogP contribution is -2.01. The predicted molar refractivity (Wildman–Crippen MR) is 82.2 cm³/mol. The van der Waals surface area contributed by atoms with Crippen molar-refractivity contribution in [3.05, 3.63) is 76.5 Å².